The summed E-state index contributed by atoms with van der Waals surface area (Å²) < 4.78 is 5.22. The van der Waals surface area contributed by atoms with E-state index in [1.165, 1.54) is 0 Å². The van der Waals surface area contributed by atoms with E-state index in [1.54, 1.807) is 7.11 Å². The molecule has 3 unspecified atom stereocenters. The van der Waals surface area contributed by atoms with E-state index in [2.05, 4.69) is 17.0 Å². The summed E-state index contributed by atoms with van der Waals surface area (Å²) in [7, 11) is 1.65. The van der Waals surface area contributed by atoms with Crippen LogP contribution in [0.15, 0.2) is 54.6 Å². The van der Waals surface area contributed by atoms with Crippen LogP contribution in [0.5, 0.6) is 5.75 Å². The Labute approximate surface area is 166 Å². The zero-order valence-electron chi connectivity index (χ0n) is 16.3. The van der Waals surface area contributed by atoms with Gasteiger partial charge in [0.2, 0.25) is 5.91 Å². The summed E-state index contributed by atoms with van der Waals surface area (Å²) in [6, 6.07) is 18.0. The highest BCUT2D eigenvalue weighted by atomic mass is 16.5. The zero-order valence-corrected chi connectivity index (χ0v) is 16.3. The van der Waals surface area contributed by atoms with E-state index in [0.29, 0.717) is 13.1 Å². The van der Waals surface area contributed by atoms with Gasteiger partial charge in [0.15, 0.2) is 0 Å². The van der Waals surface area contributed by atoms with Crippen LogP contribution in [0.4, 0.5) is 0 Å². The Morgan fingerprint density at radius 2 is 1.79 bits per heavy atom. The van der Waals surface area contributed by atoms with Gasteiger partial charge in [-0.15, -0.1) is 0 Å². The molecule has 0 radical (unpaired) electrons. The second-order valence-electron chi connectivity index (χ2n) is 7.78. The number of carbonyl (C=O) groups excluding carboxylic acids is 1. The Bertz CT molecular complexity index is 793. The molecule has 2 aliphatic rings. The van der Waals surface area contributed by atoms with Gasteiger partial charge in [-0.2, -0.15) is 0 Å². The van der Waals surface area contributed by atoms with Crippen LogP contribution < -0.4 is 4.74 Å². The second-order valence-corrected chi connectivity index (χ2v) is 7.78. The van der Waals surface area contributed by atoms with Gasteiger partial charge >= 0.3 is 0 Å². The van der Waals surface area contributed by atoms with Crippen molar-refractivity contribution in [2.24, 2.45) is 0 Å². The Hall–Kier alpha value is -2.37. The molecule has 2 saturated heterocycles. The van der Waals surface area contributed by atoms with Crippen molar-refractivity contribution in [2.75, 3.05) is 26.7 Å². The van der Waals surface area contributed by atoms with Gasteiger partial charge in [0.05, 0.1) is 19.3 Å². The first-order chi connectivity index (χ1) is 13.7. The molecule has 3 atom stereocenters. The summed E-state index contributed by atoms with van der Waals surface area (Å²) >= 11 is 0. The third-order valence-electron chi connectivity index (χ3n) is 6.08. The smallest absolute Gasteiger partial charge is 0.240 e. The number of hydrogen-bond acceptors (Lipinski definition) is 4. The lowest BCUT2D eigenvalue weighted by Crippen LogP contribution is -2.50. The molecule has 2 fully saturated rings. The van der Waals surface area contributed by atoms with Crippen molar-refractivity contribution in [1.29, 1.82) is 0 Å². The van der Waals surface area contributed by atoms with Crippen LogP contribution in [-0.4, -0.2) is 59.7 Å². The van der Waals surface area contributed by atoms with Gasteiger partial charge in [-0.05, 0) is 42.6 Å². The number of aliphatic hydroxyl groups is 1. The molecule has 2 aliphatic heterocycles. The SMILES string of the molecule is COc1ccc(C2CCN(C3CCN(Cc4ccccc4)C3=O)CC2O)cc1. The molecule has 0 saturated carbocycles. The first-order valence-corrected chi connectivity index (χ1v) is 10.0. The number of carbonyl (C=O) groups is 1. The van der Waals surface area contributed by atoms with Crippen LogP contribution in [0.25, 0.3) is 0 Å². The Balaban J connectivity index is 1.37. The second kappa shape index (κ2) is 8.33. The largest absolute Gasteiger partial charge is 0.497 e. The van der Waals surface area contributed by atoms with Gasteiger partial charge < -0.3 is 14.7 Å². The lowest BCUT2D eigenvalue weighted by Gasteiger charge is -2.38. The molecule has 2 aromatic rings. The first-order valence-electron chi connectivity index (χ1n) is 10.0. The Morgan fingerprint density at radius 1 is 1.04 bits per heavy atom. The monoisotopic (exact) mass is 380 g/mol. The molecule has 2 aromatic carbocycles. The predicted octanol–water partition coefficient (Wildman–Crippen LogP) is 2.65. The molecule has 5 nitrogen and oxygen atoms in total. The molecular weight excluding hydrogens is 352 g/mol. The maximum atomic E-state index is 12.9. The normalized spacial score (nSPS) is 25.9. The summed E-state index contributed by atoms with van der Waals surface area (Å²) in [4.78, 5) is 17.1. The molecule has 2 heterocycles. The van der Waals surface area contributed by atoms with Crippen molar-refractivity contribution in [3.8, 4) is 5.75 Å². The lowest BCUT2D eigenvalue weighted by molar-refractivity contribution is -0.133. The summed E-state index contributed by atoms with van der Waals surface area (Å²) in [5.74, 6) is 1.13. The molecule has 4 rings (SSSR count). The van der Waals surface area contributed by atoms with Crippen LogP contribution in [0.3, 0.4) is 0 Å². The molecule has 0 spiro atoms. The van der Waals surface area contributed by atoms with Crippen LogP contribution in [-0.2, 0) is 11.3 Å². The van der Waals surface area contributed by atoms with Crippen LogP contribution in [0.1, 0.15) is 29.9 Å². The van der Waals surface area contributed by atoms with Crippen molar-refractivity contribution in [1.82, 2.24) is 9.80 Å². The number of methoxy groups -OCH3 is 1. The highest BCUT2D eigenvalue weighted by Crippen LogP contribution is 2.32. The number of aliphatic hydroxyl groups excluding tert-OH is 1. The molecule has 0 aromatic heterocycles. The minimum Gasteiger partial charge on any atom is -0.497 e. The number of benzene rings is 2. The lowest BCUT2D eigenvalue weighted by atomic mass is 9.86. The number of likely N-dealkylation sites (tertiary alicyclic amines) is 2. The van der Waals surface area contributed by atoms with Crippen molar-refractivity contribution < 1.29 is 14.6 Å². The van der Waals surface area contributed by atoms with Crippen molar-refractivity contribution in [3.63, 3.8) is 0 Å². The van der Waals surface area contributed by atoms with E-state index in [0.717, 1.165) is 42.8 Å². The molecule has 28 heavy (non-hydrogen) atoms. The highest BCUT2D eigenvalue weighted by molar-refractivity contribution is 5.84. The van der Waals surface area contributed by atoms with Gasteiger partial charge in [0.1, 0.15) is 5.75 Å². The number of nitrogens with zero attached hydrogens (tertiary/aromatic N) is 2. The Morgan fingerprint density at radius 3 is 2.46 bits per heavy atom. The number of amides is 1. The van der Waals surface area contributed by atoms with Gasteiger partial charge in [-0.25, -0.2) is 0 Å². The molecule has 5 heteroatoms. The van der Waals surface area contributed by atoms with Crippen LogP contribution in [0, 0.1) is 0 Å². The maximum Gasteiger partial charge on any atom is 0.240 e. The zero-order chi connectivity index (χ0) is 19.5. The molecule has 0 bridgehead atoms. The molecule has 1 amide bonds. The molecule has 1 N–H and O–H groups in total. The van der Waals surface area contributed by atoms with E-state index >= 15 is 0 Å². The van der Waals surface area contributed by atoms with Gasteiger partial charge in [0.25, 0.3) is 0 Å². The van der Waals surface area contributed by atoms with Gasteiger partial charge in [-0.1, -0.05) is 42.5 Å². The van der Waals surface area contributed by atoms with E-state index < -0.39 is 6.10 Å². The predicted molar refractivity (Wildman–Crippen MR) is 108 cm³/mol. The number of piperidine rings is 1. The minimum atomic E-state index is -0.460. The van der Waals surface area contributed by atoms with Crippen molar-refractivity contribution >= 4 is 5.91 Å². The fraction of sp³-hybridized carbons (Fsp3) is 0.435. The molecular formula is C23H28N2O3. The number of ether oxygens (including phenoxy) is 1. The van der Waals surface area contributed by atoms with Crippen LogP contribution in [0.2, 0.25) is 0 Å². The van der Waals surface area contributed by atoms with E-state index in [-0.39, 0.29) is 17.9 Å². The summed E-state index contributed by atoms with van der Waals surface area (Å²) in [6.07, 6.45) is 1.24. The summed E-state index contributed by atoms with van der Waals surface area (Å²) in [6.45, 7) is 2.84. The topological polar surface area (TPSA) is 53.0 Å². The molecule has 148 valence electrons. The van der Waals surface area contributed by atoms with Gasteiger partial charge in [0, 0.05) is 25.6 Å². The number of β-amino-alcohol motifs (C(OH)–C–C–N with tert-alkyl or cyclic N) is 1. The molecule has 0 aliphatic carbocycles. The average Bonchev–Trinajstić information content (AvgIpc) is 3.09. The summed E-state index contributed by atoms with van der Waals surface area (Å²) in [5.41, 5.74) is 2.30. The van der Waals surface area contributed by atoms with Crippen molar-refractivity contribution in [3.05, 3.63) is 65.7 Å². The standard InChI is InChI=1S/C23H28N2O3/c1-28-19-9-7-18(8-10-19)20-11-13-24(16-22(20)26)21-12-14-25(23(21)27)15-17-5-3-2-4-6-17/h2-10,20-22,26H,11-16H2,1H3. The van der Waals surface area contributed by atoms with Crippen molar-refractivity contribution in [2.45, 2.75) is 37.5 Å². The minimum absolute atomic E-state index is 0.102. The van der Waals surface area contributed by atoms with E-state index in [4.69, 9.17) is 4.74 Å². The fourth-order valence-corrected chi connectivity index (χ4v) is 4.50. The Kier molecular flexibility index (Phi) is 5.64. The third-order valence-corrected chi connectivity index (χ3v) is 6.08. The maximum absolute atomic E-state index is 12.9. The first kappa shape index (κ1) is 19.0. The fourth-order valence-electron chi connectivity index (χ4n) is 4.50. The van der Waals surface area contributed by atoms with E-state index in [9.17, 15) is 9.90 Å². The number of rotatable bonds is 5. The van der Waals surface area contributed by atoms with E-state index in [1.807, 2.05) is 47.4 Å². The number of hydrogen-bond donors (Lipinski definition) is 1. The quantitative estimate of drug-likeness (QED) is 0.867. The highest BCUT2D eigenvalue weighted by Gasteiger charge is 2.39. The van der Waals surface area contributed by atoms with Crippen LogP contribution >= 0.6 is 0 Å². The van der Waals surface area contributed by atoms with Gasteiger partial charge in [-0.3, -0.25) is 9.69 Å². The summed E-state index contributed by atoms with van der Waals surface area (Å²) in [5, 5.41) is 10.8. The average molecular weight is 380 g/mol. The third kappa shape index (κ3) is 3.91.